The molecular formula is C21H15N3O3. The Morgan fingerprint density at radius 1 is 0.963 bits per heavy atom. The Morgan fingerprint density at radius 3 is 2.22 bits per heavy atom. The smallest absolute Gasteiger partial charge is 0.341 e. The first-order chi connectivity index (χ1) is 13.1. The zero-order valence-electron chi connectivity index (χ0n) is 14.5. The molecule has 0 atom stereocenters. The van der Waals surface area contributed by atoms with Crippen LogP contribution in [0.5, 0.6) is 0 Å². The molecule has 2 heterocycles. The van der Waals surface area contributed by atoms with Crippen LogP contribution in [0.3, 0.4) is 0 Å². The van der Waals surface area contributed by atoms with Crippen molar-refractivity contribution in [2.75, 3.05) is 0 Å². The summed E-state index contributed by atoms with van der Waals surface area (Å²) in [6.07, 6.45) is 0. The van der Waals surface area contributed by atoms with Gasteiger partial charge in [0.05, 0.1) is 11.4 Å². The van der Waals surface area contributed by atoms with Crippen molar-refractivity contribution in [2.24, 2.45) is 0 Å². The highest BCUT2D eigenvalue weighted by atomic mass is 16.4. The van der Waals surface area contributed by atoms with E-state index >= 15 is 0 Å². The van der Waals surface area contributed by atoms with Crippen LogP contribution < -0.4 is 5.56 Å². The molecule has 0 unspecified atom stereocenters. The molecule has 2 aromatic carbocycles. The highest BCUT2D eigenvalue weighted by molar-refractivity contribution is 5.97. The topological polar surface area (TPSA) is 85.1 Å². The zero-order valence-corrected chi connectivity index (χ0v) is 14.5. The maximum Gasteiger partial charge on any atom is 0.341 e. The van der Waals surface area contributed by atoms with Crippen molar-refractivity contribution in [1.29, 1.82) is 0 Å². The summed E-state index contributed by atoms with van der Waals surface area (Å²) in [7, 11) is 0. The maximum atomic E-state index is 12.9. The van der Waals surface area contributed by atoms with Crippen LogP contribution in [0, 0.1) is 6.92 Å². The number of carbonyl (C=O) groups is 1. The van der Waals surface area contributed by atoms with Crippen molar-refractivity contribution < 1.29 is 9.90 Å². The molecule has 2 aromatic heterocycles. The highest BCUT2D eigenvalue weighted by Crippen LogP contribution is 2.27. The van der Waals surface area contributed by atoms with Gasteiger partial charge in [0.15, 0.2) is 5.65 Å². The molecular weight excluding hydrogens is 342 g/mol. The van der Waals surface area contributed by atoms with Gasteiger partial charge in [-0.3, -0.25) is 9.36 Å². The minimum Gasteiger partial charge on any atom is -0.477 e. The summed E-state index contributed by atoms with van der Waals surface area (Å²) in [4.78, 5) is 33.6. The number of nitrogens with zero attached hydrogens (tertiary/aromatic N) is 3. The summed E-state index contributed by atoms with van der Waals surface area (Å²) in [5.41, 5.74) is 1.39. The van der Waals surface area contributed by atoms with E-state index in [0.29, 0.717) is 28.2 Å². The zero-order chi connectivity index (χ0) is 19.0. The highest BCUT2D eigenvalue weighted by Gasteiger charge is 2.20. The van der Waals surface area contributed by atoms with E-state index in [1.165, 1.54) is 10.6 Å². The molecule has 4 aromatic rings. The molecule has 4 rings (SSSR count). The van der Waals surface area contributed by atoms with Crippen LogP contribution in [0.25, 0.3) is 28.0 Å². The van der Waals surface area contributed by atoms with Crippen LogP contribution in [0.1, 0.15) is 16.2 Å². The van der Waals surface area contributed by atoms with Gasteiger partial charge in [-0.15, -0.1) is 0 Å². The van der Waals surface area contributed by atoms with Gasteiger partial charge in [-0.2, -0.15) is 0 Å². The SMILES string of the molecule is Cc1nc(-c2ccccc2)c2cc(C(=O)O)c(=O)n(-c3ccccc3)c2n1. The van der Waals surface area contributed by atoms with E-state index in [2.05, 4.69) is 9.97 Å². The van der Waals surface area contributed by atoms with E-state index in [-0.39, 0.29) is 5.56 Å². The van der Waals surface area contributed by atoms with Gasteiger partial charge >= 0.3 is 5.97 Å². The van der Waals surface area contributed by atoms with E-state index in [1.807, 2.05) is 36.4 Å². The predicted octanol–water partition coefficient (Wildman–Crippen LogP) is 3.45. The summed E-state index contributed by atoms with van der Waals surface area (Å²) in [5, 5.41) is 10.1. The van der Waals surface area contributed by atoms with Crippen LogP contribution in [0.4, 0.5) is 0 Å². The van der Waals surface area contributed by atoms with Crippen molar-refractivity contribution in [3.63, 3.8) is 0 Å². The van der Waals surface area contributed by atoms with Crippen molar-refractivity contribution in [3.05, 3.63) is 88.5 Å². The van der Waals surface area contributed by atoms with E-state index in [9.17, 15) is 14.7 Å². The monoisotopic (exact) mass is 357 g/mol. The molecule has 0 bridgehead atoms. The quantitative estimate of drug-likeness (QED) is 0.607. The van der Waals surface area contributed by atoms with Crippen molar-refractivity contribution in [2.45, 2.75) is 6.92 Å². The van der Waals surface area contributed by atoms with Crippen LogP contribution in [-0.4, -0.2) is 25.6 Å². The third kappa shape index (κ3) is 2.87. The van der Waals surface area contributed by atoms with Gasteiger partial charge in [0, 0.05) is 10.9 Å². The van der Waals surface area contributed by atoms with E-state index in [4.69, 9.17) is 0 Å². The number of aryl methyl sites for hydroxylation is 1. The first-order valence-electron chi connectivity index (χ1n) is 8.35. The van der Waals surface area contributed by atoms with Crippen LogP contribution in [0.2, 0.25) is 0 Å². The van der Waals surface area contributed by atoms with Gasteiger partial charge in [0.25, 0.3) is 5.56 Å². The van der Waals surface area contributed by atoms with Gasteiger partial charge < -0.3 is 5.11 Å². The van der Waals surface area contributed by atoms with Crippen LogP contribution >= 0.6 is 0 Å². The molecule has 0 fully saturated rings. The molecule has 0 spiro atoms. The number of pyridine rings is 1. The van der Waals surface area contributed by atoms with Crippen molar-refractivity contribution >= 4 is 17.0 Å². The summed E-state index contributed by atoms with van der Waals surface area (Å²) < 4.78 is 1.33. The molecule has 0 aliphatic carbocycles. The Kier molecular flexibility index (Phi) is 4.01. The summed E-state index contributed by atoms with van der Waals surface area (Å²) >= 11 is 0. The predicted molar refractivity (Wildman–Crippen MR) is 102 cm³/mol. The second-order valence-electron chi connectivity index (χ2n) is 6.06. The summed E-state index contributed by atoms with van der Waals surface area (Å²) in [5.74, 6) is -0.792. The second kappa shape index (κ2) is 6.49. The molecule has 0 amide bonds. The number of carboxylic acids is 1. The Morgan fingerprint density at radius 2 is 1.59 bits per heavy atom. The van der Waals surface area contributed by atoms with E-state index in [0.717, 1.165) is 5.56 Å². The van der Waals surface area contributed by atoms with Crippen LogP contribution in [0.15, 0.2) is 71.5 Å². The number of rotatable bonds is 3. The largest absolute Gasteiger partial charge is 0.477 e. The fraction of sp³-hybridized carbons (Fsp3) is 0.0476. The van der Waals surface area contributed by atoms with E-state index in [1.54, 1.807) is 31.2 Å². The van der Waals surface area contributed by atoms with Gasteiger partial charge in [0.2, 0.25) is 0 Å². The van der Waals surface area contributed by atoms with E-state index < -0.39 is 11.5 Å². The third-order valence-electron chi connectivity index (χ3n) is 4.26. The third-order valence-corrected chi connectivity index (χ3v) is 4.26. The number of aromatic nitrogens is 3. The molecule has 1 N–H and O–H groups in total. The Hall–Kier alpha value is -3.80. The fourth-order valence-electron chi connectivity index (χ4n) is 3.08. The Labute approximate surface area is 154 Å². The maximum absolute atomic E-state index is 12.9. The lowest BCUT2D eigenvalue weighted by atomic mass is 10.1. The average Bonchev–Trinajstić information content (AvgIpc) is 2.68. The molecule has 132 valence electrons. The fourth-order valence-corrected chi connectivity index (χ4v) is 3.08. The average molecular weight is 357 g/mol. The Balaban J connectivity index is 2.20. The normalized spacial score (nSPS) is 10.9. The number of benzene rings is 2. The standard InChI is InChI=1S/C21H15N3O3/c1-13-22-18(14-8-4-2-5-9-14)16-12-17(21(26)27)20(25)24(19(16)23-13)15-10-6-3-7-11-15/h2-12H,1H3,(H,26,27). The molecule has 0 aliphatic rings. The summed E-state index contributed by atoms with van der Waals surface area (Å²) in [6, 6.07) is 19.7. The minimum atomic E-state index is -1.29. The minimum absolute atomic E-state index is 0.323. The number of para-hydroxylation sites is 1. The number of aromatic carboxylic acids is 1. The molecule has 0 aliphatic heterocycles. The number of hydrogen-bond donors (Lipinski definition) is 1. The molecule has 0 saturated carbocycles. The lowest BCUT2D eigenvalue weighted by molar-refractivity contribution is 0.0695. The number of carboxylic acid groups (broad SMARTS) is 1. The Bertz CT molecular complexity index is 1220. The molecule has 27 heavy (non-hydrogen) atoms. The lowest BCUT2D eigenvalue weighted by Crippen LogP contribution is -2.26. The molecule has 6 heteroatoms. The lowest BCUT2D eigenvalue weighted by Gasteiger charge is -2.14. The van der Waals surface area contributed by atoms with Gasteiger partial charge in [-0.05, 0) is 25.1 Å². The first-order valence-corrected chi connectivity index (χ1v) is 8.35. The molecule has 0 radical (unpaired) electrons. The second-order valence-corrected chi connectivity index (χ2v) is 6.06. The van der Waals surface area contributed by atoms with Crippen molar-refractivity contribution in [3.8, 4) is 16.9 Å². The van der Waals surface area contributed by atoms with Gasteiger partial charge in [-0.25, -0.2) is 14.8 Å². The van der Waals surface area contributed by atoms with Gasteiger partial charge in [0.1, 0.15) is 11.4 Å². The number of hydrogen-bond acceptors (Lipinski definition) is 4. The van der Waals surface area contributed by atoms with Crippen molar-refractivity contribution in [1.82, 2.24) is 14.5 Å². The number of fused-ring (bicyclic) bond motifs is 1. The first kappa shape index (κ1) is 16.7. The van der Waals surface area contributed by atoms with Crippen LogP contribution in [-0.2, 0) is 0 Å². The molecule has 0 saturated heterocycles. The van der Waals surface area contributed by atoms with Gasteiger partial charge in [-0.1, -0.05) is 48.5 Å². The summed E-state index contributed by atoms with van der Waals surface area (Å²) in [6.45, 7) is 1.75. The molecule has 6 nitrogen and oxygen atoms in total.